The highest BCUT2D eigenvalue weighted by atomic mass is 79.9. The van der Waals surface area contributed by atoms with E-state index in [9.17, 15) is 0 Å². The Morgan fingerprint density at radius 2 is 1.62 bits per heavy atom. The van der Waals surface area contributed by atoms with E-state index in [0.717, 1.165) is 12.8 Å². The summed E-state index contributed by atoms with van der Waals surface area (Å²) in [6.45, 7) is 4.29. The number of allylic oxidation sites excluding steroid dienone is 4. The molecule has 1 heteroatoms. The molecule has 106 valence electrons. The molecule has 3 rings (SSSR count). The van der Waals surface area contributed by atoms with Crippen molar-refractivity contribution >= 4 is 27.1 Å². The molecule has 0 fully saturated rings. The van der Waals surface area contributed by atoms with E-state index in [1.165, 1.54) is 37.9 Å². The fourth-order valence-corrected chi connectivity index (χ4v) is 3.57. The van der Waals surface area contributed by atoms with Crippen molar-refractivity contribution in [3.63, 3.8) is 0 Å². The zero-order valence-corrected chi connectivity index (χ0v) is 14.1. The van der Waals surface area contributed by atoms with E-state index in [0.29, 0.717) is 0 Å². The van der Waals surface area contributed by atoms with E-state index < -0.39 is 0 Å². The molecule has 1 aliphatic carbocycles. The van der Waals surface area contributed by atoms with Crippen LogP contribution in [0.5, 0.6) is 0 Å². The van der Waals surface area contributed by atoms with Gasteiger partial charge in [0.15, 0.2) is 0 Å². The maximum atomic E-state index is 3.77. The third-order valence-corrected chi connectivity index (χ3v) is 4.69. The van der Waals surface area contributed by atoms with Crippen LogP contribution >= 0.6 is 15.9 Å². The lowest BCUT2D eigenvalue weighted by Crippen LogP contribution is -1.98. The van der Waals surface area contributed by atoms with Gasteiger partial charge in [0, 0.05) is 4.48 Å². The summed E-state index contributed by atoms with van der Waals surface area (Å²) in [6, 6.07) is 17.6. The molecule has 0 heterocycles. The summed E-state index contributed by atoms with van der Waals surface area (Å²) in [5.74, 6) is 0. The Labute approximate surface area is 135 Å². The van der Waals surface area contributed by atoms with Crippen molar-refractivity contribution in [3.05, 3.63) is 81.3 Å². The number of rotatable bonds is 2. The molecule has 0 atom stereocenters. The van der Waals surface area contributed by atoms with Crippen LogP contribution in [-0.2, 0) is 0 Å². The van der Waals surface area contributed by atoms with Gasteiger partial charge in [-0.2, -0.15) is 0 Å². The largest absolute Gasteiger partial charge is 0.0693 e. The summed E-state index contributed by atoms with van der Waals surface area (Å²) >= 11 is 3.77. The van der Waals surface area contributed by atoms with Crippen molar-refractivity contribution in [3.8, 4) is 0 Å². The van der Waals surface area contributed by atoms with Crippen molar-refractivity contribution in [2.75, 3.05) is 0 Å². The first-order valence-electron chi connectivity index (χ1n) is 7.38. The van der Waals surface area contributed by atoms with Gasteiger partial charge in [0.05, 0.1) is 0 Å². The fourth-order valence-electron chi connectivity index (χ4n) is 2.87. The molecule has 0 aromatic heterocycles. The molecule has 0 unspecified atom stereocenters. The van der Waals surface area contributed by atoms with Gasteiger partial charge in [0.25, 0.3) is 0 Å². The van der Waals surface area contributed by atoms with E-state index >= 15 is 0 Å². The van der Waals surface area contributed by atoms with Crippen molar-refractivity contribution in [1.82, 2.24) is 0 Å². The van der Waals surface area contributed by atoms with Gasteiger partial charge in [-0.25, -0.2) is 0 Å². The molecular formula is C20H19Br. The predicted octanol–water partition coefficient (Wildman–Crippen LogP) is 6.29. The monoisotopic (exact) mass is 338 g/mol. The maximum absolute atomic E-state index is 3.77. The Morgan fingerprint density at radius 1 is 0.857 bits per heavy atom. The summed E-state index contributed by atoms with van der Waals surface area (Å²) in [7, 11) is 0. The van der Waals surface area contributed by atoms with Gasteiger partial charge < -0.3 is 0 Å². The second kappa shape index (κ2) is 6.03. The molecule has 0 saturated heterocycles. The van der Waals surface area contributed by atoms with Gasteiger partial charge >= 0.3 is 0 Å². The van der Waals surface area contributed by atoms with E-state index in [4.69, 9.17) is 0 Å². The molecular weight excluding hydrogens is 320 g/mol. The zero-order valence-electron chi connectivity index (χ0n) is 12.5. The van der Waals surface area contributed by atoms with E-state index in [1.54, 1.807) is 0 Å². The predicted molar refractivity (Wildman–Crippen MR) is 95.4 cm³/mol. The van der Waals surface area contributed by atoms with Gasteiger partial charge in [-0.05, 0) is 49.0 Å². The smallest absolute Gasteiger partial charge is 0.0216 e. The SMILES string of the molecule is Cc1ccc(C2=C(c3cccc(C)c3)CCC=C2Br)cc1. The molecule has 0 aliphatic heterocycles. The van der Waals surface area contributed by atoms with Crippen molar-refractivity contribution in [1.29, 1.82) is 0 Å². The first-order valence-corrected chi connectivity index (χ1v) is 8.18. The molecule has 0 bridgehead atoms. The van der Waals surface area contributed by atoms with Gasteiger partial charge in [-0.15, -0.1) is 0 Å². The number of halogens is 1. The summed E-state index contributed by atoms with van der Waals surface area (Å²) < 4.78 is 1.22. The van der Waals surface area contributed by atoms with Crippen LogP contribution in [0.15, 0.2) is 59.1 Å². The molecule has 0 spiro atoms. The normalized spacial score (nSPS) is 15.1. The first kappa shape index (κ1) is 14.3. The summed E-state index contributed by atoms with van der Waals surface area (Å²) in [5.41, 5.74) is 8.03. The minimum atomic E-state index is 1.10. The topological polar surface area (TPSA) is 0 Å². The Kier molecular flexibility index (Phi) is 4.12. The highest BCUT2D eigenvalue weighted by molar-refractivity contribution is 9.12. The van der Waals surface area contributed by atoms with Crippen LogP contribution in [-0.4, -0.2) is 0 Å². The lowest BCUT2D eigenvalue weighted by Gasteiger charge is -2.20. The molecule has 0 nitrogen and oxygen atoms in total. The van der Waals surface area contributed by atoms with Crippen LogP contribution in [0, 0.1) is 13.8 Å². The van der Waals surface area contributed by atoms with Crippen molar-refractivity contribution in [2.45, 2.75) is 26.7 Å². The molecule has 0 amide bonds. The summed E-state index contributed by atoms with van der Waals surface area (Å²) in [5, 5.41) is 0. The maximum Gasteiger partial charge on any atom is 0.0216 e. The van der Waals surface area contributed by atoms with Crippen LogP contribution in [0.4, 0.5) is 0 Å². The minimum Gasteiger partial charge on any atom is -0.0693 e. The molecule has 0 saturated carbocycles. The Balaban J connectivity index is 2.18. The van der Waals surface area contributed by atoms with Crippen LogP contribution in [0.1, 0.15) is 35.1 Å². The van der Waals surface area contributed by atoms with Gasteiger partial charge in [-0.3, -0.25) is 0 Å². The highest BCUT2D eigenvalue weighted by Gasteiger charge is 2.17. The number of hydrogen-bond acceptors (Lipinski definition) is 0. The van der Waals surface area contributed by atoms with Crippen LogP contribution in [0.3, 0.4) is 0 Å². The van der Waals surface area contributed by atoms with E-state index in [1.807, 2.05) is 0 Å². The van der Waals surface area contributed by atoms with Crippen LogP contribution < -0.4 is 0 Å². The first-order chi connectivity index (χ1) is 10.1. The second-order valence-electron chi connectivity index (χ2n) is 5.68. The Bertz CT molecular complexity index is 718. The molecule has 2 aromatic carbocycles. The van der Waals surface area contributed by atoms with Crippen LogP contribution in [0.2, 0.25) is 0 Å². The summed E-state index contributed by atoms with van der Waals surface area (Å²) in [4.78, 5) is 0. The van der Waals surface area contributed by atoms with Crippen molar-refractivity contribution < 1.29 is 0 Å². The number of benzene rings is 2. The molecule has 0 radical (unpaired) electrons. The molecule has 21 heavy (non-hydrogen) atoms. The Hall–Kier alpha value is -1.60. The van der Waals surface area contributed by atoms with E-state index in [-0.39, 0.29) is 0 Å². The summed E-state index contributed by atoms with van der Waals surface area (Å²) in [6.07, 6.45) is 4.48. The average molecular weight is 339 g/mol. The standard InChI is InChI=1S/C20H19Br/c1-14-9-11-16(12-10-14)20-18(7-4-8-19(20)21)17-6-3-5-15(2)13-17/h3,5-6,8-13H,4,7H2,1-2H3. The third kappa shape index (κ3) is 3.03. The van der Waals surface area contributed by atoms with Gasteiger partial charge in [0.1, 0.15) is 0 Å². The molecule has 1 aliphatic rings. The highest BCUT2D eigenvalue weighted by Crippen LogP contribution is 2.41. The minimum absolute atomic E-state index is 1.10. The van der Waals surface area contributed by atoms with Gasteiger partial charge in [-0.1, -0.05) is 81.7 Å². The van der Waals surface area contributed by atoms with Crippen LogP contribution in [0.25, 0.3) is 11.1 Å². The zero-order chi connectivity index (χ0) is 14.8. The lowest BCUT2D eigenvalue weighted by molar-refractivity contribution is 1.05. The quantitative estimate of drug-likeness (QED) is 0.603. The molecule has 0 N–H and O–H groups in total. The number of hydrogen-bond donors (Lipinski definition) is 0. The second-order valence-corrected chi connectivity index (χ2v) is 6.53. The van der Waals surface area contributed by atoms with Gasteiger partial charge in [0.2, 0.25) is 0 Å². The lowest BCUT2D eigenvalue weighted by atomic mass is 9.87. The fraction of sp³-hybridized carbons (Fsp3) is 0.200. The Morgan fingerprint density at radius 3 is 2.33 bits per heavy atom. The number of aryl methyl sites for hydroxylation is 2. The third-order valence-electron chi connectivity index (χ3n) is 3.97. The van der Waals surface area contributed by atoms with Crippen molar-refractivity contribution in [2.24, 2.45) is 0 Å². The average Bonchev–Trinajstić information content (AvgIpc) is 2.48. The molecule has 2 aromatic rings. The van der Waals surface area contributed by atoms with E-state index in [2.05, 4.69) is 84.4 Å².